The lowest BCUT2D eigenvalue weighted by molar-refractivity contribution is 0.0947. The van der Waals surface area contributed by atoms with Gasteiger partial charge in [-0.3, -0.25) is 10.1 Å². The maximum absolute atomic E-state index is 12.1. The first-order valence-corrected chi connectivity index (χ1v) is 8.16. The van der Waals surface area contributed by atoms with Crippen LogP contribution in [0, 0.1) is 0 Å². The third-order valence-corrected chi connectivity index (χ3v) is 3.37. The zero-order valence-electron chi connectivity index (χ0n) is 13.8. The van der Waals surface area contributed by atoms with Crippen molar-refractivity contribution in [3.63, 3.8) is 0 Å². The number of ether oxygens (including phenoxy) is 2. The van der Waals surface area contributed by atoms with E-state index in [1.807, 2.05) is 0 Å². The topological polar surface area (TPSA) is 76.7 Å². The number of hydrogen-bond acceptors (Lipinski definition) is 4. The van der Waals surface area contributed by atoms with Crippen LogP contribution in [0.4, 0.5) is 10.5 Å². The van der Waals surface area contributed by atoms with Crippen LogP contribution in [0.25, 0.3) is 0 Å². The van der Waals surface area contributed by atoms with Crippen molar-refractivity contribution >= 4 is 29.3 Å². The third kappa shape index (κ3) is 6.35. The highest BCUT2D eigenvalue weighted by Crippen LogP contribution is 2.15. The van der Waals surface area contributed by atoms with Gasteiger partial charge in [0.1, 0.15) is 12.4 Å². The minimum absolute atomic E-state index is 0.257. The molecule has 2 aromatic carbocycles. The molecule has 0 bridgehead atoms. The van der Waals surface area contributed by atoms with E-state index in [4.69, 9.17) is 21.1 Å². The molecule has 132 valence electrons. The smallest absolute Gasteiger partial charge is 0.411 e. The van der Waals surface area contributed by atoms with E-state index in [1.165, 1.54) is 0 Å². The fourth-order valence-corrected chi connectivity index (χ4v) is 2.12. The normalized spacial score (nSPS) is 10.0. The summed E-state index contributed by atoms with van der Waals surface area (Å²) < 4.78 is 10.3. The maximum Gasteiger partial charge on any atom is 0.411 e. The quantitative estimate of drug-likeness (QED) is 0.736. The van der Waals surface area contributed by atoms with Gasteiger partial charge in [-0.2, -0.15) is 0 Å². The van der Waals surface area contributed by atoms with E-state index in [-0.39, 0.29) is 12.5 Å². The highest BCUT2D eigenvalue weighted by molar-refractivity contribution is 6.30. The Kier molecular flexibility index (Phi) is 7.10. The molecule has 0 aromatic heterocycles. The van der Waals surface area contributed by atoms with E-state index < -0.39 is 6.09 Å². The van der Waals surface area contributed by atoms with Crippen molar-refractivity contribution in [2.45, 2.75) is 6.92 Å². The molecule has 0 atom stereocenters. The third-order valence-electron chi connectivity index (χ3n) is 3.12. The standard InChI is InChI=1S/C18H19ClN2O4/c1-2-24-18(23)21-15-5-3-4-13(12-15)17(22)20-10-11-25-16-8-6-14(19)7-9-16/h3-9,12H,2,10-11H2,1H3,(H,20,22)(H,21,23). The number of halogens is 1. The summed E-state index contributed by atoms with van der Waals surface area (Å²) in [6.07, 6.45) is -0.559. The lowest BCUT2D eigenvalue weighted by Crippen LogP contribution is -2.28. The van der Waals surface area contributed by atoms with Crippen molar-refractivity contribution in [1.82, 2.24) is 5.32 Å². The summed E-state index contributed by atoms with van der Waals surface area (Å²) in [5.74, 6) is 0.423. The van der Waals surface area contributed by atoms with Gasteiger partial charge in [0.2, 0.25) is 0 Å². The van der Waals surface area contributed by atoms with Crippen molar-refractivity contribution in [2.24, 2.45) is 0 Å². The van der Waals surface area contributed by atoms with Crippen LogP contribution in [0.5, 0.6) is 5.75 Å². The van der Waals surface area contributed by atoms with E-state index in [2.05, 4.69) is 10.6 Å². The van der Waals surface area contributed by atoms with Gasteiger partial charge in [0.25, 0.3) is 5.91 Å². The van der Waals surface area contributed by atoms with Crippen molar-refractivity contribution in [1.29, 1.82) is 0 Å². The number of anilines is 1. The second-order valence-corrected chi connectivity index (χ2v) is 5.42. The zero-order valence-corrected chi connectivity index (χ0v) is 14.5. The molecular formula is C18H19ClN2O4. The summed E-state index contributed by atoms with van der Waals surface area (Å²) in [6.45, 7) is 2.67. The fraction of sp³-hybridized carbons (Fsp3) is 0.222. The van der Waals surface area contributed by atoms with Gasteiger partial charge in [-0.05, 0) is 49.4 Å². The lowest BCUT2D eigenvalue weighted by atomic mass is 10.2. The Morgan fingerprint density at radius 1 is 1.12 bits per heavy atom. The van der Waals surface area contributed by atoms with Crippen LogP contribution < -0.4 is 15.4 Å². The van der Waals surface area contributed by atoms with E-state index >= 15 is 0 Å². The zero-order chi connectivity index (χ0) is 18.1. The molecule has 0 aliphatic carbocycles. The number of carbonyl (C=O) groups is 2. The number of benzene rings is 2. The summed E-state index contributed by atoms with van der Waals surface area (Å²) in [5.41, 5.74) is 0.921. The summed E-state index contributed by atoms with van der Waals surface area (Å²) in [6, 6.07) is 13.6. The molecule has 25 heavy (non-hydrogen) atoms. The number of carbonyl (C=O) groups excluding carboxylic acids is 2. The molecule has 0 saturated heterocycles. The first kappa shape index (κ1) is 18.6. The minimum atomic E-state index is -0.559. The van der Waals surface area contributed by atoms with E-state index in [0.29, 0.717) is 35.2 Å². The van der Waals surface area contributed by atoms with Crippen LogP contribution in [-0.2, 0) is 4.74 Å². The Hall–Kier alpha value is -2.73. The molecule has 2 amide bonds. The van der Waals surface area contributed by atoms with E-state index in [1.54, 1.807) is 55.5 Å². The maximum atomic E-state index is 12.1. The van der Waals surface area contributed by atoms with Gasteiger partial charge in [0, 0.05) is 16.3 Å². The molecule has 0 aliphatic heterocycles. The molecule has 2 rings (SSSR count). The Morgan fingerprint density at radius 3 is 2.60 bits per heavy atom. The average molecular weight is 363 g/mol. The fourth-order valence-electron chi connectivity index (χ4n) is 1.99. The second-order valence-electron chi connectivity index (χ2n) is 4.98. The molecule has 2 N–H and O–H groups in total. The molecule has 7 heteroatoms. The Labute approximate surface area is 151 Å². The molecule has 0 fully saturated rings. The van der Waals surface area contributed by atoms with Gasteiger partial charge < -0.3 is 14.8 Å². The van der Waals surface area contributed by atoms with Crippen LogP contribution >= 0.6 is 11.6 Å². The van der Waals surface area contributed by atoms with Crippen LogP contribution in [0.1, 0.15) is 17.3 Å². The SMILES string of the molecule is CCOC(=O)Nc1cccc(C(=O)NCCOc2ccc(Cl)cc2)c1. The summed E-state index contributed by atoms with van der Waals surface area (Å²) in [5, 5.41) is 5.94. The average Bonchev–Trinajstić information content (AvgIpc) is 2.60. The number of rotatable bonds is 7. The molecular weight excluding hydrogens is 344 g/mol. The van der Waals surface area contributed by atoms with Gasteiger partial charge in [0.15, 0.2) is 0 Å². The second kappa shape index (κ2) is 9.54. The summed E-state index contributed by atoms with van der Waals surface area (Å²) in [7, 11) is 0. The van der Waals surface area contributed by atoms with Crippen molar-refractivity contribution in [2.75, 3.05) is 25.1 Å². The van der Waals surface area contributed by atoms with Crippen molar-refractivity contribution in [3.8, 4) is 5.75 Å². The molecule has 6 nitrogen and oxygen atoms in total. The van der Waals surface area contributed by atoms with Crippen molar-refractivity contribution < 1.29 is 19.1 Å². The Bertz CT molecular complexity index is 719. The highest BCUT2D eigenvalue weighted by atomic mass is 35.5. The van der Waals surface area contributed by atoms with Gasteiger partial charge in [-0.15, -0.1) is 0 Å². The van der Waals surface area contributed by atoms with E-state index in [0.717, 1.165) is 0 Å². The molecule has 0 radical (unpaired) electrons. The summed E-state index contributed by atoms with van der Waals surface area (Å²) in [4.78, 5) is 23.5. The van der Waals surface area contributed by atoms with Gasteiger partial charge in [-0.1, -0.05) is 17.7 Å². The molecule has 2 aromatic rings. The van der Waals surface area contributed by atoms with Gasteiger partial charge in [-0.25, -0.2) is 4.79 Å². The molecule has 0 aliphatic rings. The van der Waals surface area contributed by atoms with Crippen LogP contribution in [0.2, 0.25) is 5.02 Å². The molecule has 0 unspecified atom stereocenters. The van der Waals surface area contributed by atoms with Crippen molar-refractivity contribution in [3.05, 3.63) is 59.1 Å². The van der Waals surface area contributed by atoms with Gasteiger partial charge >= 0.3 is 6.09 Å². The van der Waals surface area contributed by atoms with Crippen LogP contribution in [0.15, 0.2) is 48.5 Å². The Balaban J connectivity index is 1.80. The summed E-state index contributed by atoms with van der Waals surface area (Å²) >= 11 is 5.80. The molecule has 0 saturated carbocycles. The minimum Gasteiger partial charge on any atom is -0.492 e. The molecule has 0 spiro atoms. The molecule has 0 heterocycles. The lowest BCUT2D eigenvalue weighted by Gasteiger charge is -2.09. The predicted octanol–water partition coefficient (Wildman–Crippen LogP) is 3.72. The van der Waals surface area contributed by atoms with Crippen LogP contribution in [0.3, 0.4) is 0 Å². The van der Waals surface area contributed by atoms with Crippen LogP contribution in [-0.4, -0.2) is 31.8 Å². The highest BCUT2D eigenvalue weighted by Gasteiger charge is 2.08. The first-order valence-electron chi connectivity index (χ1n) is 7.79. The first-order chi connectivity index (χ1) is 12.1. The number of amides is 2. The Morgan fingerprint density at radius 2 is 1.88 bits per heavy atom. The predicted molar refractivity (Wildman–Crippen MR) is 96.4 cm³/mol. The monoisotopic (exact) mass is 362 g/mol. The number of hydrogen-bond donors (Lipinski definition) is 2. The number of nitrogens with one attached hydrogen (secondary N) is 2. The van der Waals surface area contributed by atoms with E-state index in [9.17, 15) is 9.59 Å². The largest absolute Gasteiger partial charge is 0.492 e. The van der Waals surface area contributed by atoms with Gasteiger partial charge in [0.05, 0.1) is 13.2 Å².